The Bertz CT molecular complexity index is 623. The Morgan fingerprint density at radius 2 is 2.33 bits per heavy atom. The molecule has 0 radical (unpaired) electrons. The molecule has 4 N–H and O–H groups in total. The number of imidazole rings is 1. The Balaban J connectivity index is 2.01. The quantitative estimate of drug-likeness (QED) is 0.452. The molecule has 1 aliphatic heterocycles. The van der Waals surface area contributed by atoms with Gasteiger partial charge in [0.2, 0.25) is 0 Å². The van der Waals surface area contributed by atoms with Crippen molar-refractivity contribution in [2.24, 2.45) is 0 Å². The first-order valence-corrected chi connectivity index (χ1v) is 5.13. The van der Waals surface area contributed by atoms with Crippen molar-refractivity contribution in [3.05, 3.63) is 23.0 Å². The fourth-order valence-corrected chi connectivity index (χ4v) is 1.63. The van der Waals surface area contributed by atoms with Gasteiger partial charge in [-0.15, -0.1) is 5.28 Å². The molecule has 18 heavy (non-hydrogen) atoms. The average molecular weight is 254 g/mol. The van der Waals surface area contributed by atoms with Crippen LogP contribution in [0.25, 0.3) is 11.2 Å². The van der Waals surface area contributed by atoms with Crippen LogP contribution >= 0.6 is 0 Å². The number of aromatic amines is 1. The highest BCUT2D eigenvalue weighted by molar-refractivity contribution is 5.68. The number of fused-ring (bicyclic) bond motifs is 1. The second kappa shape index (κ2) is 4.03. The molecule has 10 heteroatoms. The molecule has 0 aromatic carbocycles. The second-order valence-corrected chi connectivity index (χ2v) is 3.67. The van der Waals surface area contributed by atoms with E-state index in [4.69, 9.17) is 9.94 Å². The van der Waals surface area contributed by atoms with E-state index < -0.39 is 12.3 Å². The van der Waals surface area contributed by atoms with E-state index in [2.05, 4.69) is 20.4 Å². The molecule has 2 aromatic rings. The predicted octanol–water partition coefficient (Wildman–Crippen LogP) is -2.81. The largest absolute Gasteiger partial charge is 0.393 e. The van der Waals surface area contributed by atoms with Gasteiger partial charge >= 0.3 is 0 Å². The minimum Gasteiger partial charge on any atom is -0.393 e. The van der Waals surface area contributed by atoms with E-state index in [1.54, 1.807) is 0 Å². The van der Waals surface area contributed by atoms with Crippen molar-refractivity contribution < 1.29 is 15.1 Å². The molecule has 10 nitrogen and oxygen atoms in total. The van der Waals surface area contributed by atoms with E-state index in [0.29, 0.717) is 0 Å². The molecule has 0 saturated carbocycles. The van der Waals surface area contributed by atoms with Crippen LogP contribution in [0, 0.1) is 0 Å². The molecular formula is C8H10N6O4. The number of hydrogen-bond donors (Lipinski definition) is 4. The maximum absolute atomic E-state index is 11.5. The van der Waals surface area contributed by atoms with E-state index in [0.717, 1.165) is 5.28 Å². The minimum atomic E-state index is -1.06. The normalized spacial score (nSPS) is 24.0. The molecule has 2 atom stereocenters. The SMILES string of the molecule is O=c1[nH]cnc2c1ncn2N1N[C@H](O)[C@@H](CO)O1. The van der Waals surface area contributed by atoms with Crippen LogP contribution in [0.4, 0.5) is 0 Å². The van der Waals surface area contributed by atoms with Crippen molar-refractivity contribution in [1.82, 2.24) is 25.1 Å². The number of hydrogen-bond acceptors (Lipinski definition) is 8. The van der Waals surface area contributed by atoms with Crippen molar-refractivity contribution in [2.45, 2.75) is 12.3 Å². The van der Waals surface area contributed by atoms with Crippen molar-refractivity contribution in [1.29, 1.82) is 0 Å². The van der Waals surface area contributed by atoms with Gasteiger partial charge in [0.15, 0.2) is 23.5 Å². The lowest BCUT2D eigenvalue weighted by molar-refractivity contribution is -0.0213. The maximum Gasteiger partial charge on any atom is 0.278 e. The lowest BCUT2D eigenvalue weighted by Gasteiger charge is -2.16. The standard InChI is InChI=1S/C8H10N6O4/c15-1-4-7(16)12-14(18-4)13-3-11-5-6(13)9-2-10-8(5)17/h2-4,7,12,15-16H,1H2,(H,9,10,17)/t4-,7-/m1/s1. The summed E-state index contributed by atoms with van der Waals surface area (Å²) in [5.41, 5.74) is 2.57. The Labute approximate surface area is 99.3 Å². The monoisotopic (exact) mass is 254 g/mol. The van der Waals surface area contributed by atoms with Gasteiger partial charge in [-0.25, -0.2) is 14.8 Å². The highest BCUT2D eigenvalue weighted by Gasteiger charge is 2.33. The van der Waals surface area contributed by atoms with Crippen LogP contribution in [0.2, 0.25) is 0 Å². The Morgan fingerprint density at radius 1 is 1.50 bits per heavy atom. The molecular weight excluding hydrogens is 244 g/mol. The van der Waals surface area contributed by atoms with Crippen LogP contribution in [0.15, 0.2) is 17.4 Å². The Kier molecular flexibility index (Phi) is 2.48. The maximum atomic E-state index is 11.5. The fourth-order valence-electron chi connectivity index (χ4n) is 1.63. The van der Waals surface area contributed by atoms with Crippen molar-refractivity contribution >= 4 is 11.2 Å². The molecule has 0 bridgehead atoms. The average Bonchev–Trinajstić information content (AvgIpc) is 2.93. The van der Waals surface area contributed by atoms with E-state index in [9.17, 15) is 9.90 Å². The third-order valence-electron chi connectivity index (χ3n) is 2.53. The first-order chi connectivity index (χ1) is 8.70. The molecule has 96 valence electrons. The smallest absolute Gasteiger partial charge is 0.278 e. The zero-order chi connectivity index (χ0) is 12.7. The number of aliphatic hydroxyl groups is 2. The summed E-state index contributed by atoms with van der Waals surface area (Å²) in [7, 11) is 0. The summed E-state index contributed by atoms with van der Waals surface area (Å²) in [6, 6.07) is 0. The highest BCUT2D eigenvalue weighted by atomic mass is 16.8. The summed E-state index contributed by atoms with van der Waals surface area (Å²) in [6.07, 6.45) is 0.685. The van der Waals surface area contributed by atoms with Crippen LogP contribution < -0.4 is 16.3 Å². The van der Waals surface area contributed by atoms with Gasteiger partial charge in [-0.2, -0.15) is 10.1 Å². The van der Waals surface area contributed by atoms with Gasteiger partial charge in [0.05, 0.1) is 12.9 Å². The molecule has 3 rings (SSSR count). The lowest BCUT2D eigenvalue weighted by Crippen LogP contribution is -2.42. The minimum absolute atomic E-state index is 0.143. The summed E-state index contributed by atoms with van der Waals surface area (Å²) in [6.45, 7) is -0.356. The van der Waals surface area contributed by atoms with Crippen LogP contribution in [-0.2, 0) is 4.84 Å². The number of hydrazine groups is 1. The van der Waals surface area contributed by atoms with E-state index in [-0.39, 0.29) is 23.3 Å². The number of aliphatic hydroxyl groups excluding tert-OH is 2. The van der Waals surface area contributed by atoms with Crippen molar-refractivity contribution in [2.75, 3.05) is 11.9 Å². The highest BCUT2D eigenvalue weighted by Crippen LogP contribution is 2.11. The Hall–Kier alpha value is -2.01. The van der Waals surface area contributed by atoms with Crippen LogP contribution in [-0.4, -0.2) is 48.8 Å². The molecule has 3 heterocycles. The molecule has 0 unspecified atom stereocenters. The third kappa shape index (κ3) is 1.55. The fraction of sp³-hybridized carbons (Fsp3) is 0.375. The predicted molar refractivity (Wildman–Crippen MR) is 57.5 cm³/mol. The topological polar surface area (TPSA) is 129 Å². The molecule has 0 spiro atoms. The van der Waals surface area contributed by atoms with E-state index in [1.165, 1.54) is 17.3 Å². The summed E-state index contributed by atoms with van der Waals surface area (Å²) in [5, 5.41) is 19.5. The first-order valence-electron chi connectivity index (χ1n) is 5.13. The molecule has 1 saturated heterocycles. The zero-order valence-electron chi connectivity index (χ0n) is 9.02. The van der Waals surface area contributed by atoms with Crippen LogP contribution in [0.3, 0.4) is 0 Å². The first kappa shape index (κ1) is 11.1. The summed E-state index contributed by atoms with van der Waals surface area (Å²) < 4.78 is 1.31. The number of nitrogens with zero attached hydrogens (tertiary/aromatic N) is 4. The van der Waals surface area contributed by atoms with Crippen molar-refractivity contribution in [3.63, 3.8) is 0 Å². The molecule has 1 fully saturated rings. The van der Waals surface area contributed by atoms with E-state index >= 15 is 0 Å². The molecule has 0 aliphatic carbocycles. The van der Waals surface area contributed by atoms with Gasteiger partial charge in [0, 0.05) is 0 Å². The van der Waals surface area contributed by atoms with Crippen LogP contribution in [0.5, 0.6) is 0 Å². The Morgan fingerprint density at radius 3 is 3.06 bits per heavy atom. The molecule has 1 aliphatic rings. The van der Waals surface area contributed by atoms with E-state index in [1.807, 2.05) is 0 Å². The second-order valence-electron chi connectivity index (χ2n) is 3.67. The van der Waals surface area contributed by atoms with Gasteiger partial charge in [-0.1, -0.05) is 0 Å². The van der Waals surface area contributed by atoms with Gasteiger partial charge in [-0.05, 0) is 0 Å². The number of nitrogens with one attached hydrogen (secondary N) is 2. The van der Waals surface area contributed by atoms with Gasteiger partial charge < -0.3 is 15.2 Å². The number of rotatable bonds is 2. The summed E-state index contributed by atoms with van der Waals surface area (Å²) >= 11 is 0. The van der Waals surface area contributed by atoms with Gasteiger partial charge in [-0.3, -0.25) is 4.79 Å². The van der Waals surface area contributed by atoms with Crippen molar-refractivity contribution in [3.8, 4) is 0 Å². The zero-order valence-corrected chi connectivity index (χ0v) is 9.02. The van der Waals surface area contributed by atoms with Gasteiger partial charge in [0.1, 0.15) is 6.33 Å². The number of aromatic nitrogens is 4. The van der Waals surface area contributed by atoms with Gasteiger partial charge in [0.25, 0.3) is 5.56 Å². The lowest BCUT2D eigenvalue weighted by atomic mass is 10.3. The van der Waals surface area contributed by atoms with Crippen LogP contribution in [0.1, 0.15) is 0 Å². The number of H-pyrrole nitrogens is 1. The summed E-state index contributed by atoms with van der Waals surface area (Å²) in [4.78, 5) is 26.9. The third-order valence-corrected chi connectivity index (χ3v) is 2.53. The molecule has 0 amide bonds. The summed E-state index contributed by atoms with van der Waals surface area (Å²) in [5.74, 6) is 0. The molecule has 2 aromatic heterocycles.